The Morgan fingerprint density at radius 2 is 1.93 bits per heavy atom. The molecular formula is C33H31FN6O3S. The number of hydrogen-bond acceptors (Lipinski definition) is 7. The van der Waals surface area contributed by atoms with Gasteiger partial charge in [-0.15, -0.1) is 16.4 Å². The number of nitrogens with zero attached hydrogens (tertiary/aromatic N) is 5. The van der Waals surface area contributed by atoms with Gasteiger partial charge in [0.25, 0.3) is 5.91 Å². The standard InChI is InChI=1S/C33H31FN6O3S/c1-4-27(41)39-12-13-40-26(17-39)36-32(38-40)30-28(23-8-6-21(34)16-25(23)43-18(2)3)31-24(10-14-44-31)29(37-30)20-5-7-22-19(15-20)9-11-35-33(22)42/h5-8,10,14-16,18H,4,9,11-13,17H2,1-3H3,(H,35,42). The number of aromatic nitrogens is 4. The van der Waals surface area contributed by atoms with Crippen molar-refractivity contribution in [2.45, 2.75) is 52.8 Å². The number of carbonyl (C=O) groups is 2. The summed E-state index contributed by atoms with van der Waals surface area (Å²) in [5.74, 6) is 1.13. The number of halogens is 1. The first-order chi connectivity index (χ1) is 21.3. The Bertz CT molecular complexity index is 1950. The molecule has 0 radical (unpaired) electrons. The number of nitrogens with one attached hydrogen (secondary N) is 1. The Labute approximate surface area is 257 Å². The van der Waals surface area contributed by atoms with Crippen LogP contribution in [0.3, 0.4) is 0 Å². The van der Waals surface area contributed by atoms with E-state index in [1.54, 1.807) is 22.3 Å². The molecule has 3 aromatic heterocycles. The first kappa shape index (κ1) is 28.1. The normalized spacial score (nSPS) is 14.5. The van der Waals surface area contributed by atoms with E-state index in [2.05, 4.69) is 5.32 Å². The fourth-order valence-electron chi connectivity index (χ4n) is 5.96. The van der Waals surface area contributed by atoms with Crippen LogP contribution in [0.4, 0.5) is 4.39 Å². The fraction of sp³-hybridized carbons (Fsp3) is 0.303. The Balaban J connectivity index is 1.47. The van der Waals surface area contributed by atoms with E-state index in [1.165, 1.54) is 12.1 Å². The van der Waals surface area contributed by atoms with Crippen molar-refractivity contribution in [1.29, 1.82) is 0 Å². The molecule has 0 aliphatic carbocycles. The van der Waals surface area contributed by atoms with Gasteiger partial charge in [0.05, 0.1) is 24.9 Å². The molecule has 2 amide bonds. The van der Waals surface area contributed by atoms with E-state index < -0.39 is 5.82 Å². The van der Waals surface area contributed by atoms with Crippen molar-refractivity contribution in [1.82, 2.24) is 30.0 Å². The van der Waals surface area contributed by atoms with Crippen molar-refractivity contribution in [3.05, 3.63) is 70.6 Å². The maximum Gasteiger partial charge on any atom is 0.251 e. The van der Waals surface area contributed by atoms with Gasteiger partial charge in [-0.1, -0.05) is 13.0 Å². The molecule has 2 aromatic carbocycles. The maximum absolute atomic E-state index is 14.5. The van der Waals surface area contributed by atoms with Crippen LogP contribution in [0.1, 0.15) is 48.9 Å². The largest absolute Gasteiger partial charge is 0.490 e. The van der Waals surface area contributed by atoms with Gasteiger partial charge in [-0.2, -0.15) is 0 Å². The van der Waals surface area contributed by atoms with Crippen LogP contribution in [0.5, 0.6) is 5.75 Å². The van der Waals surface area contributed by atoms with Crippen LogP contribution < -0.4 is 10.1 Å². The first-order valence-corrected chi connectivity index (χ1v) is 15.7. The third-order valence-corrected chi connectivity index (χ3v) is 8.95. The lowest BCUT2D eigenvalue weighted by atomic mass is 9.94. The van der Waals surface area contributed by atoms with Crippen LogP contribution in [-0.4, -0.2) is 55.7 Å². The van der Waals surface area contributed by atoms with E-state index in [4.69, 9.17) is 19.8 Å². The minimum Gasteiger partial charge on any atom is -0.490 e. The molecule has 0 fully saturated rings. The Morgan fingerprint density at radius 3 is 2.75 bits per heavy atom. The van der Waals surface area contributed by atoms with Crippen LogP contribution in [0.25, 0.3) is 44.0 Å². The summed E-state index contributed by atoms with van der Waals surface area (Å²) in [6.45, 7) is 7.71. The fourth-order valence-corrected chi connectivity index (χ4v) is 6.91. The monoisotopic (exact) mass is 610 g/mol. The van der Waals surface area contributed by atoms with Gasteiger partial charge in [0, 0.05) is 57.9 Å². The minimum absolute atomic E-state index is 0.0696. The molecule has 224 valence electrons. The van der Waals surface area contributed by atoms with Crippen molar-refractivity contribution >= 4 is 33.2 Å². The molecule has 0 saturated heterocycles. The molecule has 0 spiro atoms. The summed E-state index contributed by atoms with van der Waals surface area (Å²) < 4.78 is 23.5. The number of hydrogen-bond donors (Lipinski definition) is 1. The summed E-state index contributed by atoms with van der Waals surface area (Å²) in [7, 11) is 0. The Morgan fingerprint density at radius 1 is 1.09 bits per heavy atom. The van der Waals surface area contributed by atoms with Crippen LogP contribution >= 0.6 is 11.3 Å². The number of amides is 2. The number of thiophene rings is 1. The average molecular weight is 611 g/mol. The third kappa shape index (κ3) is 4.90. The van der Waals surface area contributed by atoms with Crippen molar-refractivity contribution in [2.24, 2.45) is 0 Å². The molecule has 2 aliphatic rings. The second-order valence-corrected chi connectivity index (χ2v) is 12.2. The van der Waals surface area contributed by atoms with Gasteiger partial charge in [-0.25, -0.2) is 19.0 Å². The molecule has 5 aromatic rings. The van der Waals surface area contributed by atoms with Gasteiger partial charge in [-0.3, -0.25) is 9.59 Å². The molecule has 1 N–H and O–H groups in total. The Hall–Kier alpha value is -4.64. The van der Waals surface area contributed by atoms with Crippen LogP contribution in [0.15, 0.2) is 47.8 Å². The highest BCUT2D eigenvalue weighted by Crippen LogP contribution is 2.46. The summed E-state index contributed by atoms with van der Waals surface area (Å²) in [6.07, 6.45) is 0.981. The van der Waals surface area contributed by atoms with E-state index in [0.717, 1.165) is 38.9 Å². The molecule has 11 heteroatoms. The molecule has 2 aliphatic heterocycles. The van der Waals surface area contributed by atoms with Crippen LogP contribution in [-0.2, 0) is 24.3 Å². The predicted molar refractivity (Wildman–Crippen MR) is 167 cm³/mol. The van der Waals surface area contributed by atoms with Crippen molar-refractivity contribution in [3.8, 4) is 39.7 Å². The zero-order valence-electron chi connectivity index (χ0n) is 24.7. The zero-order chi connectivity index (χ0) is 30.5. The molecular weight excluding hydrogens is 579 g/mol. The van der Waals surface area contributed by atoms with Crippen LogP contribution in [0, 0.1) is 5.82 Å². The van der Waals surface area contributed by atoms with Crippen molar-refractivity contribution in [3.63, 3.8) is 0 Å². The summed E-state index contributed by atoms with van der Waals surface area (Å²) in [6, 6.07) is 12.4. The molecule has 9 nitrogen and oxygen atoms in total. The highest BCUT2D eigenvalue weighted by molar-refractivity contribution is 7.18. The highest BCUT2D eigenvalue weighted by Gasteiger charge is 2.28. The topological polar surface area (TPSA) is 102 Å². The lowest BCUT2D eigenvalue weighted by Crippen LogP contribution is -2.38. The highest BCUT2D eigenvalue weighted by atomic mass is 32.1. The number of rotatable bonds is 6. The second-order valence-electron chi connectivity index (χ2n) is 11.3. The number of pyridine rings is 1. The Kier molecular flexibility index (Phi) is 7.12. The van der Waals surface area contributed by atoms with E-state index in [9.17, 15) is 14.0 Å². The van der Waals surface area contributed by atoms with Gasteiger partial charge in [0.1, 0.15) is 23.1 Å². The summed E-state index contributed by atoms with van der Waals surface area (Å²) in [5, 5.41) is 10.7. The van der Waals surface area contributed by atoms with E-state index >= 15 is 0 Å². The predicted octanol–water partition coefficient (Wildman–Crippen LogP) is 5.85. The van der Waals surface area contributed by atoms with E-state index in [-0.39, 0.29) is 17.9 Å². The lowest BCUT2D eigenvalue weighted by molar-refractivity contribution is -0.132. The van der Waals surface area contributed by atoms with Gasteiger partial charge in [0.15, 0.2) is 0 Å². The zero-order valence-corrected chi connectivity index (χ0v) is 25.5. The summed E-state index contributed by atoms with van der Waals surface area (Å²) in [5.41, 5.74) is 5.28. The number of ether oxygens (including phenoxy) is 1. The molecule has 7 rings (SSSR count). The lowest BCUT2D eigenvalue weighted by Gasteiger charge is -2.26. The maximum atomic E-state index is 14.5. The molecule has 0 unspecified atom stereocenters. The summed E-state index contributed by atoms with van der Waals surface area (Å²) >= 11 is 1.56. The minimum atomic E-state index is -0.396. The van der Waals surface area contributed by atoms with Crippen molar-refractivity contribution < 1.29 is 18.7 Å². The first-order valence-electron chi connectivity index (χ1n) is 14.8. The quantitative estimate of drug-likeness (QED) is 0.259. The molecule has 44 heavy (non-hydrogen) atoms. The smallest absolute Gasteiger partial charge is 0.251 e. The second kappa shape index (κ2) is 11.1. The van der Waals surface area contributed by atoms with Crippen molar-refractivity contribution in [2.75, 3.05) is 13.1 Å². The number of fused-ring (bicyclic) bond motifs is 3. The average Bonchev–Trinajstić information content (AvgIpc) is 3.67. The summed E-state index contributed by atoms with van der Waals surface area (Å²) in [4.78, 5) is 36.9. The van der Waals surface area contributed by atoms with Gasteiger partial charge >= 0.3 is 0 Å². The molecule has 0 saturated carbocycles. The molecule has 0 atom stereocenters. The number of benzene rings is 2. The van der Waals surface area contributed by atoms with Gasteiger partial charge < -0.3 is 15.0 Å². The number of carbonyl (C=O) groups excluding carboxylic acids is 2. The van der Waals surface area contributed by atoms with E-state index in [1.807, 2.05) is 55.1 Å². The SMILES string of the molecule is CCC(=O)N1CCn2nc(-c3nc(-c4ccc5c(c4)CCNC5=O)c4ccsc4c3-c3ccc(F)cc3OC(C)C)nc2C1. The van der Waals surface area contributed by atoms with Gasteiger partial charge in [-0.05, 0) is 61.5 Å². The third-order valence-electron chi connectivity index (χ3n) is 8.02. The van der Waals surface area contributed by atoms with Gasteiger partial charge in [0.2, 0.25) is 11.7 Å². The van der Waals surface area contributed by atoms with Crippen LogP contribution in [0.2, 0.25) is 0 Å². The van der Waals surface area contributed by atoms with E-state index in [0.29, 0.717) is 66.8 Å². The molecule has 5 heterocycles. The molecule has 0 bridgehead atoms.